The Balaban J connectivity index is 1.89. The van der Waals surface area contributed by atoms with Gasteiger partial charge < -0.3 is 10.1 Å². The van der Waals surface area contributed by atoms with Gasteiger partial charge in [0.05, 0.1) is 15.1 Å². The van der Waals surface area contributed by atoms with Crippen molar-refractivity contribution in [3.05, 3.63) is 62.8 Å². The molecule has 116 valence electrons. The van der Waals surface area contributed by atoms with Crippen molar-refractivity contribution in [1.29, 1.82) is 0 Å². The van der Waals surface area contributed by atoms with Gasteiger partial charge >= 0.3 is 0 Å². The fraction of sp³-hybridized carbons (Fsp3) is 0.250. The van der Waals surface area contributed by atoms with Gasteiger partial charge in [-0.05, 0) is 29.8 Å². The summed E-state index contributed by atoms with van der Waals surface area (Å²) in [4.78, 5) is 0. The van der Waals surface area contributed by atoms with Gasteiger partial charge in [0.15, 0.2) is 0 Å². The average Bonchev–Trinajstić information content (AvgIpc) is 2.43. The minimum atomic E-state index is -0.439. The monoisotopic (exact) mass is 359 g/mol. The van der Waals surface area contributed by atoms with Crippen molar-refractivity contribution in [2.75, 3.05) is 13.1 Å². The summed E-state index contributed by atoms with van der Waals surface area (Å²) in [6.45, 7) is 1.67. The van der Waals surface area contributed by atoms with E-state index in [0.717, 1.165) is 18.7 Å². The Bertz CT molecular complexity index is 691. The lowest BCUT2D eigenvalue weighted by Crippen LogP contribution is -2.46. The molecule has 1 saturated heterocycles. The molecule has 0 bridgehead atoms. The molecule has 6 heteroatoms. The lowest BCUT2D eigenvalue weighted by molar-refractivity contribution is 0.0993. The van der Waals surface area contributed by atoms with E-state index < -0.39 is 5.82 Å². The fourth-order valence-corrected chi connectivity index (χ4v) is 2.82. The third-order valence-electron chi connectivity index (χ3n) is 3.67. The van der Waals surface area contributed by atoms with Crippen LogP contribution in [0.1, 0.15) is 11.7 Å². The standard InChI is InChI=1S/C16H13Cl3FNO/c17-12-3-2-11(6-13(12)18)22-16(10-7-21-8-10)9-1-4-15(20)14(19)5-9/h1-6,10,16,21H,7-8H2. The second-order valence-corrected chi connectivity index (χ2v) is 6.43. The van der Waals surface area contributed by atoms with E-state index in [4.69, 9.17) is 39.5 Å². The van der Waals surface area contributed by atoms with Crippen LogP contribution in [0.3, 0.4) is 0 Å². The maximum atomic E-state index is 13.4. The number of hydrogen-bond donors (Lipinski definition) is 1. The average molecular weight is 361 g/mol. The van der Waals surface area contributed by atoms with Crippen molar-refractivity contribution in [3.8, 4) is 5.75 Å². The van der Waals surface area contributed by atoms with Crippen LogP contribution < -0.4 is 10.1 Å². The molecule has 0 aliphatic carbocycles. The van der Waals surface area contributed by atoms with Gasteiger partial charge in [0.25, 0.3) is 0 Å². The molecular formula is C16H13Cl3FNO. The molecule has 0 saturated carbocycles. The molecule has 1 aliphatic rings. The molecule has 3 rings (SSSR count). The SMILES string of the molecule is Fc1ccc(C(Oc2ccc(Cl)c(Cl)c2)C2CNC2)cc1Cl. The fourth-order valence-electron chi connectivity index (χ4n) is 2.35. The molecule has 2 nitrogen and oxygen atoms in total. The minimum Gasteiger partial charge on any atom is -0.485 e. The third kappa shape index (κ3) is 3.33. The van der Waals surface area contributed by atoms with Crippen LogP contribution in [-0.2, 0) is 0 Å². The first-order chi connectivity index (χ1) is 10.5. The summed E-state index contributed by atoms with van der Waals surface area (Å²) >= 11 is 17.8. The maximum Gasteiger partial charge on any atom is 0.141 e. The van der Waals surface area contributed by atoms with Crippen LogP contribution in [0.5, 0.6) is 5.75 Å². The third-order valence-corrected chi connectivity index (χ3v) is 4.70. The molecule has 0 aromatic heterocycles. The van der Waals surface area contributed by atoms with Crippen molar-refractivity contribution in [1.82, 2.24) is 5.32 Å². The van der Waals surface area contributed by atoms with Crippen LogP contribution >= 0.6 is 34.8 Å². The van der Waals surface area contributed by atoms with Gasteiger partial charge in [0, 0.05) is 25.1 Å². The second-order valence-electron chi connectivity index (χ2n) is 5.21. The maximum absolute atomic E-state index is 13.4. The zero-order valence-electron chi connectivity index (χ0n) is 11.5. The van der Waals surface area contributed by atoms with Crippen molar-refractivity contribution in [2.24, 2.45) is 5.92 Å². The molecule has 1 atom stereocenters. The Morgan fingerprint density at radius 2 is 1.77 bits per heavy atom. The van der Waals surface area contributed by atoms with Crippen LogP contribution in [-0.4, -0.2) is 13.1 Å². The summed E-state index contributed by atoms with van der Waals surface area (Å²) in [6, 6.07) is 9.79. The van der Waals surface area contributed by atoms with Gasteiger partial charge in [-0.25, -0.2) is 4.39 Å². The largest absolute Gasteiger partial charge is 0.485 e. The molecule has 1 aliphatic heterocycles. The molecule has 1 heterocycles. The highest BCUT2D eigenvalue weighted by Crippen LogP contribution is 2.34. The van der Waals surface area contributed by atoms with Crippen LogP contribution in [0, 0.1) is 11.7 Å². The minimum absolute atomic E-state index is 0.0903. The molecule has 1 fully saturated rings. The van der Waals surface area contributed by atoms with Crippen LogP contribution in [0.25, 0.3) is 0 Å². The van der Waals surface area contributed by atoms with Crippen molar-refractivity contribution in [2.45, 2.75) is 6.10 Å². The topological polar surface area (TPSA) is 21.3 Å². The molecule has 0 amide bonds. The summed E-state index contributed by atoms with van der Waals surface area (Å²) in [5.74, 6) is 0.466. The van der Waals surface area contributed by atoms with Gasteiger partial charge in [-0.2, -0.15) is 0 Å². The lowest BCUT2D eigenvalue weighted by Gasteiger charge is -2.35. The van der Waals surface area contributed by atoms with Crippen LogP contribution in [0.4, 0.5) is 4.39 Å². The number of halogens is 4. The van der Waals surface area contributed by atoms with Gasteiger partial charge in [0.2, 0.25) is 0 Å². The summed E-state index contributed by atoms with van der Waals surface area (Å²) < 4.78 is 19.4. The molecular weight excluding hydrogens is 348 g/mol. The number of rotatable bonds is 4. The molecule has 1 unspecified atom stereocenters. The van der Waals surface area contributed by atoms with E-state index in [0.29, 0.717) is 15.8 Å². The smallest absolute Gasteiger partial charge is 0.141 e. The first-order valence-electron chi connectivity index (χ1n) is 6.82. The van der Waals surface area contributed by atoms with Crippen molar-refractivity contribution >= 4 is 34.8 Å². The van der Waals surface area contributed by atoms with Gasteiger partial charge in [0.1, 0.15) is 17.7 Å². The highest BCUT2D eigenvalue weighted by molar-refractivity contribution is 6.42. The Labute approximate surface area is 143 Å². The summed E-state index contributed by atoms with van der Waals surface area (Å²) in [7, 11) is 0. The quantitative estimate of drug-likeness (QED) is 0.816. The Morgan fingerprint density at radius 1 is 1.00 bits per heavy atom. The highest BCUT2D eigenvalue weighted by atomic mass is 35.5. The number of nitrogens with one attached hydrogen (secondary N) is 1. The normalized spacial score (nSPS) is 16.2. The molecule has 2 aromatic carbocycles. The van der Waals surface area contributed by atoms with Crippen molar-refractivity contribution in [3.63, 3.8) is 0 Å². The second kappa shape index (κ2) is 6.63. The summed E-state index contributed by atoms with van der Waals surface area (Å²) in [5, 5.41) is 4.20. The Kier molecular flexibility index (Phi) is 4.79. The number of ether oxygens (including phenoxy) is 1. The van der Waals surface area contributed by atoms with E-state index in [1.54, 1.807) is 30.3 Å². The van der Waals surface area contributed by atoms with Crippen LogP contribution in [0.2, 0.25) is 15.1 Å². The van der Waals surface area contributed by atoms with E-state index in [-0.39, 0.29) is 17.0 Å². The van der Waals surface area contributed by atoms with Gasteiger partial charge in [-0.15, -0.1) is 0 Å². The predicted octanol–water partition coefficient (Wildman–Crippen LogP) is 5.13. The van der Waals surface area contributed by atoms with E-state index in [1.165, 1.54) is 6.07 Å². The molecule has 22 heavy (non-hydrogen) atoms. The van der Waals surface area contributed by atoms with Crippen LogP contribution in [0.15, 0.2) is 36.4 Å². The predicted molar refractivity (Wildman–Crippen MR) is 87.6 cm³/mol. The van der Waals surface area contributed by atoms with Gasteiger partial charge in [-0.3, -0.25) is 0 Å². The first-order valence-corrected chi connectivity index (χ1v) is 7.95. The Hall–Kier alpha value is -1.000. The number of benzene rings is 2. The zero-order chi connectivity index (χ0) is 15.7. The lowest BCUT2D eigenvalue weighted by atomic mass is 9.91. The highest BCUT2D eigenvalue weighted by Gasteiger charge is 2.30. The molecule has 2 aromatic rings. The van der Waals surface area contributed by atoms with E-state index >= 15 is 0 Å². The summed E-state index contributed by atoms with van der Waals surface area (Å²) in [6.07, 6.45) is -0.225. The van der Waals surface area contributed by atoms with E-state index in [9.17, 15) is 4.39 Å². The molecule has 1 N–H and O–H groups in total. The first kappa shape index (κ1) is 15.9. The molecule has 0 radical (unpaired) electrons. The van der Waals surface area contributed by atoms with Gasteiger partial charge in [-0.1, -0.05) is 40.9 Å². The summed E-state index contributed by atoms with van der Waals surface area (Å²) in [5.41, 5.74) is 0.837. The molecule has 0 spiro atoms. The zero-order valence-corrected chi connectivity index (χ0v) is 13.7. The number of hydrogen-bond acceptors (Lipinski definition) is 2. The Morgan fingerprint density at radius 3 is 2.36 bits per heavy atom. The van der Waals surface area contributed by atoms with E-state index in [2.05, 4.69) is 5.32 Å². The van der Waals surface area contributed by atoms with E-state index in [1.807, 2.05) is 0 Å². The van der Waals surface area contributed by atoms with Crippen molar-refractivity contribution < 1.29 is 9.13 Å².